The molecular formula is C26H23BrN4O4. The number of aryl methyl sites for hydroxylation is 2. The molecule has 0 unspecified atom stereocenters. The third kappa shape index (κ3) is 5.36. The van der Waals surface area contributed by atoms with Crippen LogP contribution in [-0.2, 0) is 9.59 Å². The second-order valence-corrected chi connectivity index (χ2v) is 8.88. The molecule has 0 radical (unpaired) electrons. The van der Waals surface area contributed by atoms with Crippen LogP contribution in [0.3, 0.4) is 0 Å². The minimum atomic E-state index is -0.936. The zero-order valence-electron chi connectivity index (χ0n) is 19.3. The van der Waals surface area contributed by atoms with Gasteiger partial charge in [0.25, 0.3) is 5.91 Å². The predicted molar refractivity (Wildman–Crippen MR) is 139 cm³/mol. The molecule has 0 bridgehead atoms. The summed E-state index contributed by atoms with van der Waals surface area (Å²) in [6.07, 6.45) is 0. The van der Waals surface area contributed by atoms with E-state index in [1.54, 1.807) is 42.5 Å². The minimum absolute atomic E-state index is 0.167. The Kier molecular flexibility index (Phi) is 6.88. The number of hydrogen-bond acceptors (Lipinski definition) is 4. The van der Waals surface area contributed by atoms with E-state index < -0.39 is 17.7 Å². The number of benzene rings is 3. The zero-order chi connectivity index (χ0) is 25.1. The number of fused-ring (bicyclic) bond motifs is 1. The van der Waals surface area contributed by atoms with Crippen LogP contribution in [0.5, 0.6) is 5.75 Å². The van der Waals surface area contributed by atoms with Crippen molar-refractivity contribution < 1.29 is 19.1 Å². The Morgan fingerprint density at radius 1 is 0.886 bits per heavy atom. The number of rotatable bonds is 5. The molecule has 35 heavy (non-hydrogen) atoms. The Morgan fingerprint density at radius 2 is 1.69 bits per heavy atom. The topological polar surface area (TPSA) is 101 Å². The average molecular weight is 535 g/mol. The van der Waals surface area contributed by atoms with Crippen molar-refractivity contribution in [1.82, 2.24) is 4.68 Å². The van der Waals surface area contributed by atoms with E-state index in [0.717, 1.165) is 15.6 Å². The largest absolute Gasteiger partial charge is 0.497 e. The summed E-state index contributed by atoms with van der Waals surface area (Å²) in [5.41, 5.74) is 6.31. The standard InChI is InChI=1S/C26H23BrN4O4/c1-15-7-9-21(16(2)11-15)29-24(32)23-13-17-12-18(27)8-10-22(17)31(23)30-26(34)25(33)28-19-5-4-6-20(14-19)35-3/h4-14H,1-3H3,(H,28,33)(H,29,32)(H,30,34). The van der Waals surface area contributed by atoms with Crippen molar-refractivity contribution in [1.29, 1.82) is 0 Å². The van der Waals surface area contributed by atoms with Gasteiger partial charge in [-0.1, -0.05) is 39.7 Å². The second kappa shape index (κ2) is 10.0. The Bertz CT molecular complexity index is 1460. The molecule has 1 heterocycles. The first kappa shape index (κ1) is 24.0. The number of halogens is 1. The molecule has 8 nitrogen and oxygen atoms in total. The van der Waals surface area contributed by atoms with E-state index in [0.29, 0.717) is 28.0 Å². The van der Waals surface area contributed by atoms with Crippen molar-refractivity contribution in [3.63, 3.8) is 0 Å². The SMILES string of the molecule is COc1cccc(NC(=O)C(=O)Nn2c(C(=O)Nc3ccc(C)cc3C)cc3cc(Br)ccc32)c1. The molecule has 0 aliphatic heterocycles. The van der Waals surface area contributed by atoms with Crippen molar-refractivity contribution >= 4 is 55.9 Å². The lowest BCUT2D eigenvalue weighted by atomic mass is 10.1. The van der Waals surface area contributed by atoms with Gasteiger partial charge in [0, 0.05) is 27.3 Å². The summed E-state index contributed by atoms with van der Waals surface area (Å²) in [4.78, 5) is 38.6. The molecule has 0 spiro atoms. The van der Waals surface area contributed by atoms with Crippen molar-refractivity contribution in [2.75, 3.05) is 23.2 Å². The molecule has 0 saturated heterocycles. The number of nitrogens with zero attached hydrogens (tertiary/aromatic N) is 1. The quantitative estimate of drug-likeness (QED) is 0.314. The lowest BCUT2D eigenvalue weighted by Gasteiger charge is -2.14. The van der Waals surface area contributed by atoms with E-state index in [9.17, 15) is 14.4 Å². The molecule has 4 aromatic rings. The Hall–Kier alpha value is -4.11. The first-order valence-electron chi connectivity index (χ1n) is 10.7. The summed E-state index contributed by atoms with van der Waals surface area (Å²) in [5, 5.41) is 6.13. The fraction of sp³-hybridized carbons (Fsp3) is 0.115. The summed E-state index contributed by atoms with van der Waals surface area (Å²) in [6, 6.07) is 19.3. The van der Waals surface area contributed by atoms with Crippen LogP contribution in [0.4, 0.5) is 11.4 Å². The van der Waals surface area contributed by atoms with Crippen LogP contribution in [0.1, 0.15) is 21.6 Å². The first-order valence-corrected chi connectivity index (χ1v) is 11.5. The van der Waals surface area contributed by atoms with Gasteiger partial charge in [-0.05, 0) is 61.9 Å². The molecule has 0 aliphatic carbocycles. The maximum absolute atomic E-state index is 13.2. The van der Waals surface area contributed by atoms with Crippen LogP contribution in [0, 0.1) is 13.8 Å². The normalized spacial score (nSPS) is 10.6. The molecule has 0 aliphatic rings. The highest BCUT2D eigenvalue weighted by Gasteiger charge is 2.21. The number of hydrogen-bond donors (Lipinski definition) is 3. The molecule has 4 rings (SSSR count). The molecule has 0 fully saturated rings. The van der Waals surface area contributed by atoms with Gasteiger partial charge < -0.3 is 15.4 Å². The highest BCUT2D eigenvalue weighted by Crippen LogP contribution is 2.25. The second-order valence-electron chi connectivity index (χ2n) is 7.97. The van der Waals surface area contributed by atoms with Crippen LogP contribution in [0.2, 0.25) is 0 Å². The summed E-state index contributed by atoms with van der Waals surface area (Å²) in [5.74, 6) is -1.72. The minimum Gasteiger partial charge on any atom is -0.497 e. The van der Waals surface area contributed by atoms with Crippen molar-refractivity contribution in [3.8, 4) is 5.75 Å². The lowest BCUT2D eigenvalue weighted by Crippen LogP contribution is -2.36. The number of aromatic nitrogens is 1. The molecule has 0 saturated carbocycles. The highest BCUT2D eigenvalue weighted by atomic mass is 79.9. The van der Waals surface area contributed by atoms with Crippen LogP contribution >= 0.6 is 15.9 Å². The average Bonchev–Trinajstić information content (AvgIpc) is 3.18. The Morgan fingerprint density at radius 3 is 2.43 bits per heavy atom. The van der Waals surface area contributed by atoms with Crippen LogP contribution in [0.25, 0.3) is 10.9 Å². The van der Waals surface area contributed by atoms with Gasteiger partial charge in [-0.3, -0.25) is 19.8 Å². The van der Waals surface area contributed by atoms with Gasteiger partial charge >= 0.3 is 11.8 Å². The maximum Gasteiger partial charge on any atom is 0.328 e. The number of amides is 3. The molecule has 3 amide bonds. The van der Waals surface area contributed by atoms with Crippen LogP contribution in [-0.4, -0.2) is 29.5 Å². The highest BCUT2D eigenvalue weighted by molar-refractivity contribution is 9.10. The van der Waals surface area contributed by atoms with Crippen LogP contribution in [0.15, 0.2) is 71.2 Å². The van der Waals surface area contributed by atoms with Crippen molar-refractivity contribution in [3.05, 3.63) is 88.0 Å². The van der Waals surface area contributed by atoms with Gasteiger partial charge in [-0.15, -0.1) is 0 Å². The summed E-state index contributed by atoms with van der Waals surface area (Å²) >= 11 is 3.42. The third-order valence-corrected chi connectivity index (χ3v) is 5.87. The molecular weight excluding hydrogens is 512 g/mol. The zero-order valence-corrected chi connectivity index (χ0v) is 20.9. The molecule has 0 atom stereocenters. The van der Waals surface area contributed by atoms with E-state index in [1.807, 2.05) is 38.1 Å². The first-order chi connectivity index (χ1) is 16.7. The van der Waals surface area contributed by atoms with E-state index in [2.05, 4.69) is 32.0 Å². The van der Waals surface area contributed by atoms with Gasteiger partial charge in [-0.2, -0.15) is 0 Å². The van der Waals surface area contributed by atoms with Gasteiger partial charge in [0.05, 0.1) is 12.6 Å². The number of nitrogens with one attached hydrogen (secondary N) is 3. The number of methoxy groups -OCH3 is 1. The molecule has 178 valence electrons. The predicted octanol–water partition coefficient (Wildman–Crippen LogP) is 4.99. The maximum atomic E-state index is 13.2. The van der Waals surface area contributed by atoms with Gasteiger partial charge in [0.15, 0.2) is 0 Å². The molecule has 1 aromatic heterocycles. The van der Waals surface area contributed by atoms with Gasteiger partial charge in [0.2, 0.25) is 0 Å². The monoisotopic (exact) mass is 534 g/mol. The Balaban J connectivity index is 1.62. The van der Waals surface area contributed by atoms with Gasteiger partial charge in [-0.25, -0.2) is 4.68 Å². The van der Waals surface area contributed by atoms with Crippen molar-refractivity contribution in [2.24, 2.45) is 0 Å². The molecule has 3 aromatic carbocycles. The van der Waals surface area contributed by atoms with E-state index in [-0.39, 0.29) is 5.69 Å². The number of carbonyl (C=O) groups is 3. The molecule has 9 heteroatoms. The third-order valence-electron chi connectivity index (χ3n) is 5.37. The number of ether oxygens (including phenoxy) is 1. The number of anilines is 2. The van der Waals surface area contributed by atoms with E-state index >= 15 is 0 Å². The summed E-state index contributed by atoms with van der Waals surface area (Å²) < 4.78 is 7.27. The number of carbonyl (C=O) groups excluding carboxylic acids is 3. The summed E-state index contributed by atoms with van der Waals surface area (Å²) in [7, 11) is 1.51. The fourth-order valence-corrected chi connectivity index (χ4v) is 4.03. The smallest absolute Gasteiger partial charge is 0.328 e. The molecule has 3 N–H and O–H groups in total. The van der Waals surface area contributed by atoms with Crippen molar-refractivity contribution in [2.45, 2.75) is 13.8 Å². The lowest BCUT2D eigenvalue weighted by molar-refractivity contribution is -0.133. The summed E-state index contributed by atoms with van der Waals surface area (Å²) in [6.45, 7) is 3.88. The fourth-order valence-electron chi connectivity index (χ4n) is 3.65. The Labute approximate surface area is 210 Å². The van der Waals surface area contributed by atoms with Gasteiger partial charge in [0.1, 0.15) is 11.4 Å². The van der Waals surface area contributed by atoms with Crippen LogP contribution < -0.4 is 20.8 Å². The van der Waals surface area contributed by atoms with E-state index in [1.165, 1.54) is 11.8 Å². The van der Waals surface area contributed by atoms with E-state index in [4.69, 9.17) is 4.74 Å².